The minimum atomic E-state index is -0.0583. The first-order valence-electron chi connectivity index (χ1n) is 7.55. The van der Waals surface area contributed by atoms with Crippen molar-refractivity contribution in [2.24, 2.45) is 0 Å². The van der Waals surface area contributed by atoms with Crippen LogP contribution in [0.5, 0.6) is 0 Å². The van der Waals surface area contributed by atoms with E-state index in [-0.39, 0.29) is 11.9 Å². The van der Waals surface area contributed by atoms with E-state index in [1.54, 1.807) is 6.26 Å². The van der Waals surface area contributed by atoms with Crippen molar-refractivity contribution in [3.63, 3.8) is 0 Å². The molecule has 1 aromatic carbocycles. The molecule has 1 aliphatic heterocycles. The minimum Gasteiger partial charge on any atom is -0.468 e. The molecule has 2 aromatic rings. The number of benzene rings is 1. The Bertz CT molecular complexity index is 621. The third kappa shape index (κ3) is 3.59. The van der Waals surface area contributed by atoms with Crippen LogP contribution in [0.25, 0.3) is 0 Å². The normalized spacial score (nSPS) is 16.6. The number of furan rings is 1. The third-order valence-corrected chi connectivity index (χ3v) is 4.49. The number of nitrogens with one attached hydrogen (secondary N) is 1. The van der Waals surface area contributed by atoms with E-state index in [0.29, 0.717) is 12.1 Å². The van der Waals surface area contributed by atoms with Crippen LogP contribution in [0.15, 0.2) is 51.6 Å². The van der Waals surface area contributed by atoms with Gasteiger partial charge in [0.2, 0.25) is 0 Å². The molecule has 0 aliphatic carbocycles. The number of nitrogens with zero attached hydrogens (tertiary/aromatic N) is 1. The van der Waals surface area contributed by atoms with Crippen LogP contribution in [0.2, 0.25) is 0 Å². The number of likely N-dealkylation sites (tertiary alicyclic amines) is 1. The molecule has 3 rings (SSSR count). The molecule has 1 aromatic heterocycles. The Kier molecular flexibility index (Phi) is 4.95. The average molecular weight is 363 g/mol. The van der Waals surface area contributed by atoms with Gasteiger partial charge < -0.3 is 9.73 Å². The average Bonchev–Trinajstić information content (AvgIpc) is 3.21. The highest BCUT2D eigenvalue weighted by molar-refractivity contribution is 9.10. The van der Waals surface area contributed by atoms with Crippen LogP contribution >= 0.6 is 15.9 Å². The van der Waals surface area contributed by atoms with Gasteiger partial charge >= 0.3 is 0 Å². The molecule has 4 nitrogen and oxygen atoms in total. The zero-order valence-corrected chi connectivity index (χ0v) is 13.9. The molecule has 116 valence electrons. The van der Waals surface area contributed by atoms with E-state index in [9.17, 15) is 4.79 Å². The van der Waals surface area contributed by atoms with Crippen LogP contribution in [-0.2, 0) is 0 Å². The quantitative estimate of drug-likeness (QED) is 0.883. The van der Waals surface area contributed by atoms with Crippen LogP contribution in [0.4, 0.5) is 0 Å². The highest BCUT2D eigenvalue weighted by Crippen LogP contribution is 2.25. The van der Waals surface area contributed by atoms with Gasteiger partial charge in [0.05, 0.1) is 12.3 Å². The lowest BCUT2D eigenvalue weighted by Crippen LogP contribution is -2.36. The number of hydrogen-bond acceptors (Lipinski definition) is 3. The maximum atomic E-state index is 12.3. The summed E-state index contributed by atoms with van der Waals surface area (Å²) in [5, 5.41) is 3.03. The number of carbonyl (C=O) groups is 1. The molecule has 22 heavy (non-hydrogen) atoms. The molecule has 1 saturated heterocycles. The van der Waals surface area contributed by atoms with Crippen molar-refractivity contribution < 1.29 is 9.21 Å². The fraction of sp³-hybridized carbons (Fsp3) is 0.353. The van der Waals surface area contributed by atoms with Crippen LogP contribution < -0.4 is 5.32 Å². The molecule has 0 bridgehead atoms. The van der Waals surface area contributed by atoms with Gasteiger partial charge in [0, 0.05) is 16.6 Å². The standard InChI is InChI=1S/C17H19BrN2O2/c18-14-6-3-5-13(11-14)17(21)19-12-15(16-7-4-10-22-16)20-8-1-2-9-20/h3-7,10-11,15H,1-2,8-9,12H2,(H,19,21). The second kappa shape index (κ2) is 7.11. The van der Waals surface area contributed by atoms with Crippen molar-refractivity contribution in [1.82, 2.24) is 10.2 Å². The molecule has 2 heterocycles. The van der Waals surface area contributed by atoms with Gasteiger partial charge in [-0.15, -0.1) is 0 Å². The summed E-state index contributed by atoms with van der Waals surface area (Å²) in [5.41, 5.74) is 0.661. The summed E-state index contributed by atoms with van der Waals surface area (Å²) in [6, 6.07) is 11.4. The van der Waals surface area contributed by atoms with E-state index in [0.717, 1.165) is 23.3 Å². The summed E-state index contributed by atoms with van der Waals surface area (Å²) in [4.78, 5) is 14.7. The first-order chi connectivity index (χ1) is 10.7. The van der Waals surface area contributed by atoms with Crippen molar-refractivity contribution in [3.8, 4) is 0 Å². The first-order valence-corrected chi connectivity index (χ1v) is 8.34. The highest BCUT2D eigenvalue weighted by atomic mass is 79.9. The van der Waals surface area contributed by atoms with Crippen molar-refractivity contribution >= 4 is 21.8 Å². The van der Waals surface area contributed by atoms with Crippen LogP contribution in [0.3, 0.4) is 0 Å². The monoisotopic (exact) mass is 362 g/mol. The van der Waals surface area contributed by atoms with E-state index in [4.69, 9.17) is 4.42 Å². The molecule has 0 saturated carbocycles. The predicted molar refractivity (Wildman–Crippen MR) is 88.7 cm³/mol. The molecular weight excluding hydrogens is 344 g/mol. The van der Waals surface area contributed by atoms with E-state index >= 15 is 0 Å². The topological polar surface area (TPSA) is 45.5 Å². The van der Waals surface area contributed by atoms with Crippen LogP contribution in [0, 0.1) is 0 Å². The van der Waals surface area contributed by atoms with Crippen LogP contribution in [0.1, 0.15) is 35.0 Å². The summed E-state index contributed by atoms with van der Waals surface area (Å²) < 4.78 is 6.47. The van der Waals surface area contributed by atoms with Crippen molar-refractivity contribution in [2.45, 2.75) is 18.9 Å². The SMILES string of the molecule is O=C(NCC(c1ccco1)N1CCCC1)c1cccc(Br)c1. The lowest BCUT2D eigenvalue weighted by molar-refractivity contribution is 0.0933. The number of carbonyl (C=O) groups excluding carboxylic acids is 1. The number of rotatable bonds is 5. The van der Waals surface area contributed by atoms with E-state index in [2.05, 4.69) is 26.1 Å². The number of halogens is 1. The summed E-state index contributed by atoms with van der Waals surface area (Å²) >= 11 is 3.39. The zero-order chi connectivity index (χ0) is 15.4. The van der Waals surface area contributed by atoms with Gasteiger partial charge in [-0.25, -0.2) is 0 Å². The Hall–Kier alpha value is -1.59. The molecular formula is C17H19BrN2O2. The third-order valence-electron chi connectivity index (χ3n) is 4.00. The fourth-order valence-corrected chi connectivity index (χ4v) is 3.26. The number of amides is 1. The van der Waals surface area contributed by atoms with Crippen molar-refractivity contribution in [1.29, 1.82) is 0 Å². The van der Waals surface area contributed by atoms with E-state index < -0.39 is 0 Å². The lowest BCUT2D eigenvalue weighted by Gasteiger charge is -2.26. The maximum Gasteiger partial charge on any atom is 0.251 e. The molecule has 1 amide bonds. The Labute approximate surface area is 138 Å². The lowest BCUT2D eigenvalue weighted by atomic mass is 10.1. The van der Waals surface area contributed by atoms with Gasteiger partial charge in [0.15, 0.2) is 0 Å². The van der Waals surface area contributed by atoms with E-state index in [1.807, 2.05) is 36.4 Å². The number of hydrogen-bond donors (Lipinski definition) is 1. The van der Waals surface area contributed by atoms with Gasteiger partial charge in [-0.3, -0.25) is 9.69 Å². The van der Waals surface area contributed by atoms with Gasteiger partial charge in [-0.2, -0.15) is 0 Å². The zero-order valence-electron chi connectivity index (χ0n) is 12.3. The van der Waals surface area contributed by atoms with E-state index in [1.165, 1.54) is 12.8 Å². The molecule has 1 atom stereocenters. The first kappa shape index (κ1) is 15.3. The summed E-state index contributed by atoms with van der Waals surface area (Å²) in [6.07, 6.45) is 4.10. The second-order valence-corrected chi connectivity index (χ2v) is 6.41. The second-order valence-electron chi connectivity index (χ2n) is 5.49. The van der Waals surface area contributed by atoms with Gasteiger partial charge in [-0.1, -0.05) is 22.0 Å². The van der Waals surface area contributed by atoms with Crippen LogP contribution in [-0.4, -0.2) is 30.4 Å². The molecule has 1 aliphatic rings. The predicted octanol–water partition coefficient (Wildman–Crippen LogP) is 3.61. The van der Waals surface area contributed by atoms with Gasteiger partial charge in [-0.05, 0) is 56.3 Å². The molecule has 1 N–H and O–H groups in total. The maximum absolute atomic E-state index is 12.3. The Morgan fingerprint density at radius 1 is 1.27 bits per heavy atom. The highest BCUT2D eigenvalue weighted by Gasteiger charge is 2.26. The summed E-state index contributed by atoms with van der Waals surface area (Å²) in [5.74, 6) is 0.855. The minimum absolute atomic E-state index is 0.0583. The molecule has 5 heteroatoms. The smallest absolute Gasteiger partial charge is 0.251 e. The summed E-state index contributed by atoms with van der Waals surface area (Å²) in [7, 11) is 0. The Morgan fingerprint density at radius 3 is 2.77 bits per heavy atom. The van der Waals surface area contributed by atoms with Gasteiger partial charge in [0.1, 0.15) is 5.76 Å². The summed E-state index contributed by atoms with van der Waals surface area (Å²) in [6.45, 7) is 2.66. The fourth-order valence-electron chi connectivity index (χ4n) is 2.86. The molecule has 1 unspecified atom stereocenters. The van der Waals surface area contributed by atoms with Crippen molar-refractivity contribution in [3.05, 3.63) is 58.5 Å². The molecule has 1 fully saturated rings. The molecule has 0 spiro atoms. The molecule has 0 radical (unpaired) electrons. The largest absolute Gasteiger partial charge is 0.468 e. The van der Waals surface area contributed by atoms with Crippen molar-refractivity contribution in [2.75, 3.05) is 19.6 Å². The Balaban J connectivity index is 1.67. The van der Waals surface area contributed by atoms with Gasteiger partial charge in [0.25, 0.3) is 5.91 Å². The Morgan fingerprint density at radius 2 is 2.09 bits per heavy atom.